The predicted molar refractivity (Wildman–Crippen MR) is 166 cm³/mol. The van der Waals surface area contributed by atoms with Gasteiger partial charge in [0.15, 0.2) is 0 Å². The molecule has 0 bridgehead atoms. The van der Waals surface area contributed by atoms with Crippen LogP contribution in [0.3, 0.4) is 0 Å². The van der Waals surface area contributed by atoms with Gasteiger partial charge in [-0.1, -0.05) is 12.1 Å². The van der Waals surface area contributed by atoms with Gasteiger partial charge >= 0.3 is 11.9 Å². The smallest absolute Gasteiger partial charge is 0.338 e. The van der Waals surface area contributed by atoms with Gasteiger partial charge in [-0.3, -0.25) is 0 Å². The Kier molecular flexibility index (Phi) is 14.8. The molecule has 0 aliphatic heterocycles. The van der Waals surface area contributed by atoms with Gasteiger partial charge in [0.25, 0.3) is 0 Å². The molecule has 40 heavy (non-hydrogen) atoms. The van der Waals surface area contributed by atoms with E-state index in [1.54, 1.807) is 13.0 Å². The lowest BCUT2D eigenvalue weighted by Crippen LogP contribution is -2.37. The monoisotopic (exact) mass is 614 g/mol. The van der Waals surface area contributed by atoms with Crippen LogP contribution in [0.25, 0.3) is 0 Å². The molecule has 0 saturated carbocycles. The molecule has 2 aliphatic rings. The van der Waals surface area contributed by atoms with Crippen LogP contribution in [0, 0.1) is 0 Å². The van der Waals surface area contributed by atoms with E-state index in [9.17, 15) is 13.8 Å². The van der Waals surface area contributed by atoms with Crippen molar-refractivity contribution in [2.45, 2.75) is 90.0 Å². The Morgan fingerprint density at radius 3 is 1.85 bits per heavy atom. The molecule has 0 unspecified atom stereocenters. The Morgan fingerprint density at radius 1 is 0.875 bits per heavy atom. The number of benzene rings is 2. The van der Waals surface area contributed by atoms with Crippen LogP contribution in [0.5, 0.6) is 0 Å². The molecule has 3 atom stereocenters. The molecule has 10 heteroatoms. The van der Waals surface area contributed by atoms with Gasteiger partial charge in [0.2, 0.25) is 0 Å². The fourth-order valence-corrected chi connectivity index (χ4v) is 5.63. The topological polar surface area (TPSA) is 108 Å². The molecule has 2 aromatic rings. The number of rotatable bonds is 6. The minimum Gasteiger partial charge on any atom is -0.462 e. The third-order valence-corrected chi connectivity index (χ3v) is 8.40. The van der Waals surface area contributed by atoms with Crippen molar-refractivity contribution < 1.29 is 23.3 Å². The summed E-state index contributed by atoms with van der Waals surface area (Å²) in [5.41, 5.74) is 11.9. The highest BCUT2D eigenvalue weighted by Crippen LogP contribution is 2.32. The number of esters is 2. The van der Waals surface area contributed by atoms with Crippen LogP contribution >= 0.6 is 24.8 Å². The summed E-state index contributed by atoms with van der Waals surface area (Å²) in [6.45, 7) is 10.3. The van der Waals surface area contributed by atoms with Crippen LogP contribution in [-0.2, 0) is 33.3 Å². The van der Waals surface area contributed by atoms with Crippen molar-refractivity contribution in [2.75, 3.05) is 13.2 Å². The molecule has 2 aliphatic carbocycles. The number of nitrogens with one attached hydrogen (secondary N) is 1. The van der Waals surface area contributed by atoms with Crippen LogP contribution in [0.4, 0.5) is 0 Å². The van der Waals surface area contributed by atoms with Gasteiger partial charge in [0.1, 0.15) is 0 Å². The highest BCUT2D eigenvalue weighted by molar-refractivity contribution is 7.84. The summed E-state index contributed by atoms with van der Waals surface area (Å²) >= 11 is 0. The van der Waals surface area contributed by atoms with Crippen LogP contribution in [0.2, 0.25) is 0 Å². The fraction of sp³-hybridized carbons (Fsp3) is 0.533. The van der Waals surface area contributed by atoms with Gasteiger partial charge < -0.3 is 15.2 Å². The third-order valence-electron chi connectivity index (χ3n) is 6.79. The van der Waals surface area contributed by atoms with Gasteiger partial charge in [-0.25, -0.2) is 18.5 Å². The molecule has 0 radical (unpaired) electrons. The first-order chi connectivity index (χ1) is 18.0. The zero-order valence-electron chi connectivity index (χ0n) is 24.1. The van der Waals surface area contributed by atoms with Gasteiger partial charge in [-0.15, -0.1) is 24.8 Å². The Bertz CT molecular complexity index is 1170. The van der Waals surface area contributed by atoms with Crippen molar-refractivity contribution in [3.05, 3.63) is 69.8 Å². The molecule has 0 fully saturated rings. The van der Waals surface area contributed by atoms with Crippen LogP contribution in [-0.4, -0.2) is 34.1 Å². The Hall–Kier alpha value is -1.97. The van der Waals surface area contributed by atoms with E-state index in [4.69, 9.17) is 15.2 Å². The van der Waals surface area contributed by atoms with Crippen LogP contribution in [0.1, 0.15) is 115 Å². The second-order valence-corrected chi connectivity index (χ2v) is 12.7. The van der Waals surface area contributed by atoms with E-state index < -0.39 is 11.0 Å². The summed E-state index contributed by atoms with van der Waals surface area (Å²) in [7, 11) is -1.10. The van der Waals surface area contributed by atoms with Crippen molar-refractivity contribution >= 4 is 47.7 Å². The van der Waals surface area contributed by atoms with Crippen molar-refractivity contribution in [2.24, 2.45) is 5.73 Å². The number of halogens is 2. The SMILES string of the molecule is CCOC(=O)c1ccc2c(c1)CCC[C@H]2N.CCOC(=O)c1ccc2c(c1)CCC[C@H]2N[S@](=O)C(C)(C)C.Cl.Cl. The first-order valence-corrected chi connectivity index (χ1v) is 14.7. The average Bonchev–Trinajstić information content (AvgIpc) is 2.88. The number of hydrogen-bond acceptors (Lipinski definition) is 6. The van der Waals surface area contributed by atoms with Crippen molar-refractivity contribution in [3.8, 4) is 0 Å². The number of hydrogen-bond donors (Lipinski definition) is 2. The third kappa shape index (κ3) is 9.55. The normalized spacial score (nSPS) is 18.2. The predicted octanol–water partition coefficient (Wildman–Crippen LogP) is 6.34. The number of aryl methyl sites for hydroxylation is 2. The number of carbonyl (C=O) groups is 2. The summed E-state index contributed by atoms with van der Waals surface area (Å²) < 4.78 is 25.3. The van der Waals surface area contributed by atoms with Crippen LogP contribution < -0.4 is 10.5 Å². The zero-order valence-corrected chi connectivity index (χ0v) is 26.6. The van der Waals surface area contributed by atoms with Crippen molar-refractivity contribution in [1.29, 1.82) is 0 Å². The standard InChI is InChI=1S/C17H25NO3S.C13H17NO2.2ClH/c1-5-21-16(19)13-9-10-14-12(11-13)7-6-8-15(14)18-22(20)17(2,3)4;1-2-16-13(15)10-6-7-11-9(8-10)4-3-5-12(11)14;;/h9-11,15,18H,5-8H2,1-4H3;6-8,12H,2-5,14H2,1H3;2*1H/t15-,22-;12-;;/m11../s1. The second-order valence-electron chi connectivity index (χ2n) is 10.7. The van der Waals surface area contributed by atoms with E-state index in [0.717, 1.165) is 49.7 Å². The van der Waals surface area contributed by atoms with E-state index in [1.807, 2.05) is 58.0 Å². The number of nitrogens with two attached hydrogens (primary N) is 1. The zero-order chi connectivity index (χ0) is 27.9. The molecule has 2 aromatic carbocycles. The Morgan fingerprint density at radius 2 is 1.35 bits per heavy atom. The maximum Gasteiger partial charge on any atom is 0.338 e. The van der Waals surface area contributed by atoms with E-state index in [0.29, 0.717) is 24.3 Å². The molecule has 0 amide bonds. The van der Waals surface area contributed by atoms with E-state index in [2.05, 4.69) is 4.72 Å². The summed E-state index contributed by atoms with van der Waals surface area (Å²) in [6, 6.07) is 11.6. The van der Waals surface area contributed by atoms with Gasteiger partial charge in [0, 0.05) is 12.1 Å². The molecule has 0 saturated heterocycles. The molecule has 0 aromatic heterocycles. The van der Waals surface area contributed by atoms with Gasteiger partial charge in [0.05, 0.1) is 40.1 Å². The maximum atomic E-state index is 12.3. The van der Waals surface area contributed by atoms with E-state index in [1.165, 1.54) is 11.1 Å². The summed E-state index contributed by atoms with van der Waals surface area (Å²) in [5.74, 6) is -0.525. The number of carbonyl (C=O) groups excluding carboxylic acids is 2. The molecule has 7 nitrogen and oxygen atoms in total. The maximum absolute atomic E-state index is 12.3. The molecular formula is C30H44Cl2N2O5S. The molecule has 0 spiro atoms. The molecule has 4 rings (SSSR count). The summed E-state index contributed by atoms with van der Waals surface area (Å²) in [5, 5.41) is 0. The first kappa shape index (κ1) is 36.1. The van der Waals surface area contributed by atoms with Crippen LogP contribution in [0.15, 0.2) is 36.4 Å². The Labute approximate surface area is 253 Å². The molecule has 0 heterocycles. The average molecular weight is 616 g/mol. The number of ether oxygens (including phenoxy) is 2. The van der Waals surface area contributed by atoms with Crippen molar-refractivity contribution in [3.63, 3.8) is 0 Å². The Balaban J connectivity index is 0.000000397. The van der Waals surface area contributed by atoms with Gasteiger partial charge in [-0.2, -0.15) is 0 Å². The summed E-state index contributed by atoms with van der Waals surface area (Å²) in [4.78, 5) is 23.4. The minimum atomic E-state index is -1.10. The highest BCUT2D eigenvalue weighted by atomic mass is 35.5. The summed E-state index contributed by atoms with van der Waals surface area (Å²) in [6.07, 6.45) is 6.08. The molecule has 3 N–H and O–H groups in total. The second kappa shape index (κ2) is 16.5. The van der Waals surface area contributed by atoms with Gasteiger partial charge in [-0.05, 0) is 120 Å². The fourth-order valence-electron chi connectivity index (χ4n) is 4.78. The quantitative estimate of drug-likeness (QED) is 0.368. The first-order valence-electron chi connectivity index (χ1n) is 13.6. The lowest BCUT2D eigenvalue weighted by molar-refractivity contribution is 0.0516. The highest BCUT2D eigenvalue weighted by Gasteiger charge is 2.27. The minimum absolute atomic E-state index is 0. The van der Waals surface area contributed by atoms with E-state index in [-0.39, 0.29) is 53.6 Å². The van der Waals surface area contributed by atoms with E-state index >= 15 is 0 Å². The number of fused-ring (bicyclic) bond motifs is 2. The molecule has 224 valence electrons. The lowest BCUT2D eigenvalue weighted by atomic mass is 9.87. The lowest BCUT2D eigenvalue weighted by Gasteiger charge is -2.29. The largest absolute Gasteiger partial charge is 0.462 e. The van der Waals surface area contributed by atoms with Crippen molar-refractivity contribution in [1.82, 2.24) is 4.72 Å². The molecular weight excluding hydrogens is 571 g/mol.